The average molecular weight is 603 g/mol. The first kappa shape index (κ1) is 33.4. The van der Waals surface area contributed by atoms with E-state index in [1.807, 2.05) is 51.1 Å². The number of rotatable bonds is 11. The first-order valence-electron chi connectivity index (χ1n) is 14.5. The fourth-order valence-electron chi connectivity index (χ4n) is 5.03. The van der Waals surface area contributed by atoms with E-state index in [0.29, 0.717) is 36.9 Å². The third kappa shape index (κ3) is 8.94. The van der Waals surface area contributed by atoms with Gasteiger partial charge < -0.3 is 19.5 Å². The van der Waals surface area contributed by atoms with Crippen molar-refractivity contribution in [2.45, 2.75) is 116 Å². The quantitative estimate of drug-likeness (QED) is 0.246. The number of nitrogens with one attached hydrogen (secondary N) is 2. The van der Waals surface area contributed by atoms with Crippen LogP contribution in [0.2, 0.25) is 0 Å². The molecule has 0 fully saturated rings. The van der Waals surface area contributed by atoms with Gasteiger partial charge in [0.25, 0.3) is 0 Å². The minimum atomic E-state index is -4.09. The van der Waals surface area contributed by atoms with Crippen molar-refractivity contribution in [3.63, 3.8) is 0 Å². The number of ether oxygens (including phenoxy) is 3. The first-order chi connectivity index (χ1) is 19.5. The van der Waals surface area contributed by atoms with Gasteiger partial charge in [0.2, 0.25) is 10.0 Å². The summed E-state index contributed by atoms with van der Waals surface area (Å²) < 4.78 is 47.4. The molecule has 2 aromatic carbocycles. The minimum Gasteiger partial charge on any atom is -0.487 e. The Labute approximate surface area is 250 Å². The van der Waals surface area contributed by atoms with Crippen molar-refractivity contribution >= 4 is 22.1 Å². The highest BCUT2D eigenvalue weighted by Crippen LogP contribution is 2.42. The number of benzene rings is 2. The maximum absolute atomic E-state index is 13.9. The van der Waals surface area contributed by atoms with Crippen LogP contribution in [0, 0.1) is 20.8 Å². The Morgan fingerprint density at radius 3 is 2.33 bits per heavy atom. The molecule has 232 valence electrons. The lowest BCUT2D eigenvalue weighted by molar-refractivity contribution is -0.157. The number of amides is 1. The van der Waals surface area contributed by atoms with E-state index in [-0.39, 0.29) is 23.5 Å². The summed E-state index contributed by atoms with van der Waals surface area (Å²) in [5.74, 6) is 0.107. The third-order valence-corrected chi connectivity index (χ3v) is 9.07. The highest BCUT2D eigenvalue weighted by Gasteiger charge is 2.36. The van der Waals surface area contributed by atoms with Gasteiger partial charge in [-0.25, -0.2) is 13.2 Å². The number of hydrogen-bond donors (Lipinski definition) is 2. The second kappa shape index (κ2) is 13.5. The Balaban J connectivity index is 1.69. The van der Waals surface area contributed by atoms with Crippen LogP contribution in [0.1, 0.15) is 88.1 Å². The van der Waals surface area contributed by atoms with Crippen LogP contribution in [-0.4, -0.2) is 44.3 Å². The van der Waals surface area contributed by atoms with Crippen LogP contribution < -0.4 is 14.8 Å². The number of alkyl carbamates (subject to hydrolysis) is 1. The van der Waals surface area contributed by atoms with Crippen molar-refractivity contribution in [1.82, 2.24) is 10.0 Å². The molecule has 2 N–H and O–H groups in total. The number of carbonyl (C=O) groups excluding carboxylic acids is 2. The molecule has 1 heterocycles. The van der Waals surface area contributed by atoms with Crippen LogP contribution in [0.5, 0.6) is 5.75 Å². The maximum atomic E-state index is 13.9. The van der Waals surface area contributed by atoms with E-state index in [9.17, 15) is 18.0 Å². The summed E-state index contributed by atoms with van der Waals surface area (Å²) in [4.78, 5) is 25.4. The van der Waals surface area contributed by atoms with Crippen LogP contribution in [0.15, 0.2) is 35.2 Å². The zero-order valence-corrected chi connectivity index (χ0v) is 27.0. The lowest BCUT2D eigenvalue weighted by atomic mass is 9.88. The predicted molar refractivity (Wildman–Crippen MR) is 162 cm³/mol. The molecule has 42 heavy (non-hydrogen) atoms. The van der Waals surface area contributed by atoms with E-state index >= 15 is 0 Å². The second-order valence-corrected chi connectivity index (χ2v) is 14.2. The summed E-state index contributed by atoms with van der Waals surface area (Å²) in [6.45, 7) is 15.2. The van der Waals surface area contributed by atoms with Gasteiger partial charge in [-0.2, -0.15) is 4.72 Å². The normalized spacial score (nSPS) is 15.2. The molecule has 1 amide bonds. The molecule has 9 nitrogen and oxygen atoms in total. The number of hydrogen-bond acceptors (Lipinski definition) is 7. The number of fused-ring (bicyclic) bond motifs is 1. The molecule has 2 aromatic rings. The molecule has 3 rings (SSSR count). The molecule has 0 saturated heterocycles. The lowest BCUT2D eigenvalue weighted by Crippen LogP contribution is -2.44. The highest BCUT2D eigenvalue weighted by molar-refractivity contribution is 7.89. The predicted octanol–water partition coefficient (Wildman–Crippen LogP) is 5.80. The number of carbonyl (C=O) groups is 2. The van der Waals surface area contributed by atoms with Crippen molar-refractivity contribution in [2.24, 2.45) is 0 Å². The topological polar surface area (TPSA) is 120 Å². The molecule has 0 aliphatic carbocycles. The summed E-state index contributed by atoms with van der Waals surface area (Å²) in [5.41, 5.74) is 2.67. The molecule has 0 radical (unpaired) electrons. The summed E-state index contributed by atoms with van der Waals surface area (Å²) in [5, 5.41) is 2.70. The van der Waals surface area contributed by atoms with Crippen LogP contribution >= 0.6 is 0 Å². The molecule has 10 heteroatoms. The van der Waals surface area contributed by atoms with Gasteiger partial charge in [0, 0.05) is 6.54 Å². The maximum Gasteiger partial charge on any atom is 0.407 e. The first-order valence-corrected chi connectivity index (χ1v) is 16.0. The molecule has 1 unspecified atom stereocenters. The van der Waals surface area contributed by atoms with Gasteiger partial charge in [0.05, 0.1) is 4.90 Å². The standard InChI is InChI=1S/C32H46N2O7S/c1-21-22(2)28(23(3)25-17-18-32(7,8)40-27(21)25)42(37,38)34-26(29(35)41-31(4,5)6)16-12-13-19-33-30(36)39-20-24-14-10-9-11-15-24/h9-11,14-15,26,34H,12-13,16-20H2,1-8H3,(H,33,36). The molecular weight excluding hydrogens is 556 g/mol. The summed E-state index contributed by atoms with van der Waals surface area (Å²) in [6, 6.07) is 8.28. The van der Waals surface area contributed by atoms with Gasteiger partial charge in [0.15, 0.2) is 0 Å². The molecule has 0 saturated carbocycles. The number of esters is 1. The number of unbranched alkanes of at least 4 members (excludes halogenated alkanes) is 1. The average Bonchev–Trinajstić information content (AvgIpc) is 2.88. The monoisotopic (exact) mass is 602 g/mol. The summed E-state index contributed by atoms with van der Waals surface area (Å²) >= 11 is 0. The second-order valence-electron chi connectivity index (χ2n) is 12.6. The van der Waals surface area contributed by atoms with E-state index in [1.165, 1.54) is 0 Å². The van der Waals surface area contributed by atoms with E-state index in [2.05, 4.69) is 10.0 Å². The van der Waals surface area contributed by atoms with Crippen molar-refractivity contribution in [1.29, 1.82) is 0 Å². The lowest BCUT2D eigenvalue weighted by Gasteiger charge is -2.35. The van der Waals surface area contributed by atoms with Crippen LogP contribution in [0.3, 0.4) is 0 Å². The largest absolute Gasteiger partial charge is 0.487 e. The SMILES string of the molecule is Cc1c(C)c(S(=O)(=O)NC(CCCCNC(=O)OCc2ccccc2)C(=O)OC(C)(C)C)c(C)c2c1OC(C)(C)CC2. The summed E-state index contributed by atoms with van der Waals surface area (Å²) in [6.07, 6.45) is 2.12. The molecule has 0 bridgehead atoms. The molecular formula is C32H46N2O7S. The van der Waals surface area contributed by atoms with Crippen molar-refractivity contribution in [3.8, 4) is 5.75 Å². The Morgan fingerprint density at radius 1 is 1.02 bits per heavy atom. The van der Waals surface area contributed by atoms with E-state index in [4.69, 9.17) is 14.2 Å². The minimum absolute atomic E-state index is 0.167. The van der Waals surface area contributed by atoms with Gasteiger partial charge in [-0.1, -0.05) is 30.3 Å². The Bertz CT molecular complexity index is 1380. The van der Waals surface area contributed by atoms with Crippen LogP contribution in [0.4, 0.5) is 4.79 Å². The molecule has 1 aliphatic rings. The third-order valence-electron chi connectivity index (χ3n) is 7.33. The molecule has 1 aliphatic heterocycles. The van der Waals surface area contributed by atoms with E-state index in [1.54, 1.807) is 34.6 Å². The van der Waals surface area contributed by atoms with Gasteiger partial charge in [0.1, 0.15) is 29.6 Å². The zero-order valence-electron chi connectivity index (χ0n) is 26.2. The van der Waals surface area contributed by atoms with Gasteiger partial charge in [-0.15, -0.1) is 0 Å². The summed E-state index contributed by atoms with van der Waals surface area (Å²) in [7, 11) is -4.09. The molecule has 1 atom stereocenters. The van der Waals surface area contributed by atoms with Gasteiger partial charge >= 0.3 is 12.1 Å². The van der Waals surface area contributed by atoms with Crippen molar-refractivity contribution in [2.75, 3.05) is 6.54 Å². The van der Waals surface area contributed by atoms with Crippen LogP contribution in [0.25, 0.3) is 0 Å². The molecule has 0 spiro atoms. The zero-order chi connectivity index (χ0) is 31.3. The Morgan fingerprint density at radius 2 is 1.69 bits per heavy atom. The molecule has 0 aromatic heterocycles. The number of sulfonamides is 1. The van der Waals surface area contributed by atoms with Crippen molar-refractivity contribution in [3.05, 3.63) is 58.1 Å². The van der Waals surface area contributed by atoms with Gasteiger partial charge in [-0.3, -0.25) is 4.79 Å². The Hall–Kier alpha value is -3.11. The Kier molecular flexibility index (Phi) is 10.7. The van der Waals surface area contributed by atoms with E-state index in [0.717, 1.165) is 28.9 Å². The fraction of sp³-hybridized carbons (Fsp3) is 0.562. The van der Waals surface area contributed by atoms with Gasteiger partial charge in [-0.05, 0) is 115 Å². The smallest absolute Gasteiger partial charge is 0.407 e. The highest BCUT2D eigenvalue weighted by atomic mass is 32.2. The fourth-order valence-corrected chi connectivity index (χ4v) is 6.82. The van der Waals surface area contributed by atoms with E-state index < -0.39 is 33.7 Å². The van der Waals surface area contributed by atoms with Crippen LogP contribution in [-0.2, 0) is 37.3 Å². The van der Waals surface area contributed by atoms with Crippen molar-refractivity contribution < 1.29 is 32.2 Å².